The van der Waals surface area contributed by atoms with Crippen molar-refractivity contribution >= 4 is 5.97 Å². The van der Waals surface area contributed by atoms with E-state index in [9.17, 15) is 4.79 Å². The number of carboxylic acids is 1. The maximum absolute atomic E-state index is 10.5. The van der Waals surface area contributed by atoms with Gasteiger partial charge in [-0.2, -0.15) is 0 Å². The van der Waals surface area contributed by atoms with Crippen LogP contribution in [0.2, 0.25) is 0 Å². The Bertz CT molecular complexity index is 182. The molecule has 2 unspecified atom stereocenters. The van der Waals surface area contributed by atoms with Crippen molar-refractivity contribution in [1.82, 2.24) is 4.90 Å². The molecule has 1 aliphatic rings. The molecule has 76 valence electrons. The number of aliphatic carboxylic acids is 1. The van der Waals surface area contributed by atoms with Gasteiger partial charge in [0.1, 0.15) is 0 Å². The molecule has 1 saturated carbocycles. The fraction of sp³-hybridized carbons (Fsp3) is 0.900. The molecule has 0 amide bonds. The Morgan fingerprint density at radius 2 is 2.08 bits per heavy atom. The van der Waals surface area contributed by atoms with Gasteiger partial charge in [-0.25, -0.2) is 0 Å². The van der Waals surface area contributed by atoms with E-state index in [1.165, 1.54) is 19.3 Å². The van der Waals surface area contributed by atoms with Crippen LogP contribution in [0.5, 0.6) is 0 Å². The molecule has 0 radical (unpaired) electrons. The summed E-state index contributed by atoms with van der Waals surface area (Å²) in [6, 6.07) is 0.477. The van der Waals surface area contributed by atoms with Crippen molar-refractivity contribution in [2.45, 2.75) is 38.6 Å². The quantitative estimate of drug-likeness (QED) is 0.725. The van der Waals surface area contributed by atoms with Crippen molar-refractivity contribution in [3.8, 4) is 0 Å². The van der Waals surface area contributed by atoms with Crippen LogP contribution in [0.15, 0.2) is 0 Å². The number of likely N-dealkylation sites (N-methyl/N-ethyl adjacent to an activating group) is 1. The smallest absolute Gasteiger partial charge is 0.317 e. The number of hydrogen-bond donors (Lipinski definition) is 1. The van der Waals surface area contributed by atoms with Crippen LogP contribution in [0, 0.1) is 5.92 Å². The van der Waals surface area contributed by atoms with Gasteiger partial charge < -0.3 is 5.11 Å². The molecule has 1 N–H and O–H groups in total. The summed E-state index contributed by atoms with van der Waals surface area (Å²) in [5.41, 5.74) is 0. The molecule has 0 aromatic carbocycles. The predicted molar refractivity (Wildman–Crippen MR) is 51.7 cm³/mol. The van der Waals surface area contributed by atoms with Crippen LogP contribution in [0.4, 0.5) is 0 Å². The molecule has 1 rings (SSSR count). The first-order valence-electron chi connectivity index (χ1n) is 5.03. The second kappa shape index (κ2) is 4.61. The number of carboxylic acid groups (broad SMARTS) is 1. The molecule has 1 aliphatic carbocycles. The summed E-state index contributed by atoms with van der Waals surface area (Å²) >= 11 is 0. The minimum Gasteiger partial charge on any atom is -0.480 e. The van der Waals surface area contributed by atoms with E-state index in [1.54, 1.807) is 0 Å². The van der Waals surface area contributed by atoms with Crippen LogP contribution in [0.3, 0.4) is 0 Å². The van der Waals surface area contributed by atoms with Crippen LogP contribution in [0.1, 0.15) is 32.6 Å². The van der Waals surface area contributed by atoms with Crippen molar-refractivity contribution in [3.63, 3.8) is 0 Å². The average molecular weight is 185 g/mol. The summed E-state index contributed by atoms with van der Waals surface area (Å²) in [4.78, 5) is 12.5. The third-order valence-electron chi connectivity index (χ3n) is 3.02. The van der Waals surface area contributed by atoms with Gasteiger partial charge in [0.05, 0.1) is 6.54 Å². The van der Waals surface area contributed by atoms with E-state index >= 15 is 0 Å². The standard InChI is InChI=1S/C10H19NO2/c1-8-5-3-4-6-9(8)11(2)7-10(12)13/h8-9H,3-7H2,1-2H3,(H,12,13). The first-order chi connectivity index (χ1) is 6.11. The van der Waals surface area contributed by atoms with Crippen molar-refractivity contribution in [2.75, 3.05) is 13.6 Å². The molecule has 13 heavy (non-hydrogen) atoms. The Labute approximate surface area is 79.7 Å². The van der Waals surface area contributed by atoms with E-state index in [1.807, 2.05) is 11.9 Å². The summed E-state index contributed by atoms with van der Waals surface area (Å²) in [6.07, 6.45) is 4.96. The molecule has 0 saturated heterocycles. The molecule has 0 aromatic heterocycles. The summed E-state index contributed by atoms with van der Waals surface area (Å²) in [6.45, 7) is 2.40. The van der Waals surface area contributed by atoms with E-state index in [0.29, 0.717) is 12.0 Å². The monoisotopic (exact) mass is 185 g/mol. The molecular weight excluding hydrogens is 166 g/mol. The molecule has 3 nitrogen and oxygen atoms in total. The van der Waals surface area contributed by atoms with E-state index in [2.05, 4.69) is 6.92 Å². The second-order valence-corrected chi connectivity index (χ2v) is 4.14. The van der Waals surface area contributed by atoms with Crippen LogP contribution >= 0.6 is 0 Å². The SMILES string of the molecule is CC1CCCCC1N(C)CC(=O)O. The Hall–Kier alpha value is -0.570. The van der Waals surface area contributed by atoms with Gasteiger partial charge >= 0.3 is 5.97 Å². The van der Waals surface area contributed by atoms with Gasteiger partial charge in [0.2, 0.25) is 0 Å². The molecule has 0 aliphatic heterocycles. The van der Waals surface area contributed by atoms with Gasteiger partial charge in [-0.05, 0) is 25.8 Å². The third kappa shape index (κ3) is 2.99. The molecule has 0 aromatic rings. The van der Waals surface area contributed by atoms with Crippen LogP contribution in [-0.4, -0.2) is 35.6 Å². The number of nitrogens with zero attached hydrogens (tertiary/aromatic N) is 1. The fourth-order valence-corrected chi connectivity index (χ4v) is 2.28. The third-order valence-corrected chi connectivity index (χ3v) is 3.02. The van der Waals surface area contributed by atoms with Crippen molar-refractivity contribution in [2.24, 2.45) is 5.92 Å². The van der Waals surface area contributed by atoms with E-state index in [-0.39, 0.29) is 6.54 Å². The van der Waals surface area contributed by atoms with Crippen LogP contribution in [0.25, 0.3) is 0 Å². The maximum atomic E-state index is 10.5. The van der Waals surface area contributed by atoms with E-state index in [0.717, 1.165) is 6.42 Å². The lowest BCUT2D eigenvalue weighted by molar-refractivity contribution is -0.138. The van der Waals surface area contributed by atoms with Gasteiger partial charge in [-0.15, -0.1) is 0 Å². The zero-order chi connectivity index (χ0) is 9.84. The minimum absolute atomic E-state index is 0.176. The Morgan fingerprint density at radius 1 is 1.46 bits per heavy atom. The zero-order valence-corrected chi connectivity index (χ0v) is 8.49. The first kappa shape index (κ1) is 10.5. The molecule has 0 spiro atoms. The Balaban J connectivity index is 2.43. The lowest BCUT2D eigenvalue weighted by Gasteiger charge is -2.35. The molecule has 0 heterocycles. The Morgan fingerprint density at radius 3 is 2.62 bits per heavy atom. The molecule has 0 bridgehead atoms. The number of hydrogen-bond acceptors (Lipinski definition) is 2. The maximum Gasteiger partial charge on any atom is 0.317 e. The largest absolute Gasteiger partial charge is 0.480 e. The van der Waals surface area contributed by atoms with E-state index in [4.69, 9.17) is 5.11 Å². The van der Waals surface area contributed by atoms with Crippen molar-refractivity contribution < 1.29 is 9.90 Å². The average Bonchev–Trinajstić information content (AvgIpc) is 2.03. The van der Waals surface area contributed by atoms with Gasteiger partial charge in [0.25, 0.3) is 0 Å². The molecule has 3 heteroatoms. The number of carbonyl (C=O) groups is 1. The molecule has 1 fully saturated rings. The highest BCUT2D eigenvalue weighted by atomic mass is 16.4. The lowest BCUT2D eigenvalue weighted by atomic mass is 9.85. The van der Waals surface area contributed by atoms with Gasteiger partial charge in [0, 0.05) is 6.04 Å². The summed E-state index contributed by atoms with van der Waals surface area (Å²) < 4.78 is 0. The predicted octanol–water partition coefficient (Wildman–Crippen LogP) is 1.58. The topological polar surface area (TPSA) is 40.5 Å². The highest BCUT2D eigenvalue weighted by Gasteiger charge is 2.25. The van der Waals surface area contributed by atoms with E-state index < -0.39 is 5.97 Å². The van der Waals surface area contributed by atoms with Gasteiger partial charge in [-0.1, -0.05) is 19.8 Å². The summed E-state index contributed by atoms with van der Waals surface area (Å²) in [5, 5.41) is 8.66. The summed E-state index contributed by atoms with van der Waals surface area (Å²) in [7, 11) is 1.92. The summed E-state index contributed by atoms with van der Waals surface area (Å²) in [5.74, 6) is -0.0710. The fourth-order valence-electron chi connectivity index (χ4n) is 2.28. The minimum atomic E-state index is -0.722. The lowest BCUT2D eigenvalue weighted by Crippen LogP contribution is -2.41. The van der Waals surface area contributed by atoms with Gasteiger partial charge in [-0.3, -0.25) is 9.69 Å². The number of rotatable bonds is 3. The Kier molecular flexibility index (Phi) is 3.72. The van der Waals surface area contributed by atoms with Crippen molar-refractivity contribution in [3.05, 3.63) is 0 Å². The van der Waals surface area contributed by atoms with Crippen molar-refractivity contribution in [1.29, 1.82) is 0 Å². The second-order valence-electron chi connectivity index (χ2n) is 4.14. The normalized spacial score (nSPS) is 29.2. The highest BCUT2D eigenvalue weighted by molar-refractivity contribution is 5.69. The van der Waals surface area contributed by atoms with Gasteiger partial charge in [0.15, 0.2) is 0 Å². The first-order valence-corrected chi connectivity index (χ1v) is 5.03. The van der Waals surface area contributed by atoms with Crippen LogP contribution < -0.4 is 0 Å². The molecule has 2 atom stereocenters. The zero-order valence-electron chi connectivity index (χ0n) is 8.49. The molecular formula is C10H19NO2. The van der Waals surface area contributed by atoms with Crippen LogP contribution in [-0.2, 0) is 4.79 Å². The highest BCUT2D eigenvalue weighted by Crippen LogP contribution is 2.26.